The summed E-state index contributed by atoms with van der Waals surface area (Å²) in [5.74, 6) is 1.50. The third-order valence-corrected chi connectivity index (χ3v) is 5.01. The van der Waals surface area contributed by atoms with Gasteiger partial charge >= 0.3 is 0 Å². The van der Waals surface area contributed by atoms with Crippen molar-refractivity contribution in [2.75, 3.05) is 19.3 Å². The second-order valence-electron chi connectivity index (χ2n) is 5.69. The summed E-state index contributed by atoms with van der Waals surface area (Å²) in [5, 5.41) is 4.63. The monoisotopic (exact) mass is 387 g/mol. The van der Waals surface area contributed by atoms with Crippen molar-refractivity contribution in [2.24, 2.45) is 0 Å². The van der Waals surface area contributed by atoms with Gasteiger partial charge in [-0.05, 0) is 36.4 Å². The third-order valence-electron chi connectivity index (χ3n) is 3.76. The van der Waals surface area contributed by atoms with E-state index in [1.807, 2.05) is 42.5 Å². The highest BCUT2D eigenvalue weighted by molar-refractivity contribution is 8.00. The Balaban J connectivity index is 1.49. The first-order chi connectivity index (χ1) is 12.6. The molecule has 3 rings (SSSR count). The van der Waals surface area contributed by atoms with Gasteiger partial charge in [0, 0.05) is 35.5 Å². The minimum Gasteiger partial charge on any atom is -0.345 e. The molecule has 0 aliphatic carbocycles. The maximum Gasteiger partial charge on any atom is 0.257 e. The number of carbonyl (C=O) groups is 1. The van der Waals surface area contributed by atoms with Gasteiger partial charge in [-0.25, -0.2) is 0 Å². The number of rotatable bonds is 7. The lowest BCUT2D eigenvalue weighted by Crippen LogP contribution is -2.30. The zero-order valence-corrected chi connectivity index (χ0v) is 15.8. The third kappa shape index (κ3) is 5.09. The van der Waals surface area contributed by atoms with Crippen molar-refractivity contribution in [3.63, 3.8) is 0 Å². The van der Waals surface area contributed by atoms with Crippen LogP contribution in [0.3, 0.4) is 0 Å². The number of aromatic nitrogens is 2. The highest BCUT2D eigenvalue weighted by atomic mass is 35.5. The van der Waals surface area contributed by atoms with Crippen molar-refractivity contribution >= 4 is 29.3 Å². The molecule has 0 radical (unpaired) electrons. The van der Waals surface area contributed by atoms with Gasteiger partial charge in [0.1, 0.15) is 0 Å². The average Bonchev–Trinajstić information content (AvgIpc) is 3.14. The van der Waals surface area contributed by atoms with Crippen LogP contribution >= 0.6 is 23.4 Å². The van der Waals surface area contributed by atoms with Crippen molar-refractivity contribution in [1.29, 1.82) is 0 Å². The van der Waals surface area contributed by atoms with Gasteiger partial charge in [-0.1, -0.05) is 35.0 Å². The minimum atomic E-state index is 0.0697. The molecule has 3 aromatic rings. The molecule has 134 valence electrons. The summed E-state index contributed by atoms with van der Waals surface area (Å²) in [7, 11) is 1.79. The van der Waals surface area contributed by atoms with Crippen molar-refractivity contribution in [2.45, 2.75) is 11.3 Å². The summed E-state index contributed by atoms with van der Waals surface area (Å²) in [5.41, 5.74) is 0.817. The van der Waals surface area contributed by atoms with Crippen LogP contribution in [-0.4, -0.2) is 40.3 Å². The van der Waals surface area contributed by atoms with Gasteiger partial charge in [0.2, 0.25) is 5.91 Å². The molecule has 1 heterocycles. The fourth-order valence-electron chi connectivity index (χ4n) is 2.23. The number of likely N-dealkylation sites (N-methyl/N-ethyl adjacent to an activating group) is 1. The molecule has 0 unspecified atom stereocenters. The lowest BCUT2D eigenvalue weighted by molar-refractivity contribution is -0.127. The first-order valence-electron chi connectivity index (χ1n) is 8.12. The summed E-state index contributed by atoms with van der Waals surface area (Å²) < 4.78 is 5.28. The molecule has 0 N–H and O–H groups in total. The zero-order chi connectivity index (χ0) is 18.4. The quantitative estimate of drug-likeness (QED) is 0.569. The van der Waals surface area contributed by atoms with E-state index < -0.39 is 0 Å². The summed E-state index contributed by atoms with van der Waals surface area (Å²) >= 11 is 7.41. The molecular weight excluding hydrogens is 370 g/mol. The highest BCUT2D eigenvalue weighted by Crippen LogP contribution is 2.20. The Morgan fingerprint density at radius 2 is 1.88 bits per heavy atom. The number of amides is 1. The summed E-state index contributed by atoms with van der Waals surface area (Å²) in [4.78, 5) is 19.4. The second-order valence-corrected chi connectivity index (χ2v) is 7.17. The maximum absolute atomic E-state index is 12.2. The van der Waals surface area contributed by atoms with Crippen molar-refractivity contribution < 1.29 is 9.32 Å². The Kier molecular flexibility index (Phi) is 6.30. The Labute approximate surface area is 161 Å². The van der Waals surface area contributed by atoms with Gasteiger partial charge in [-0.15, -0.1) is 11.8 Å². The predicted octanol–water partition coefficient (Wildman–Crippen LogP) is 4.18. The van der Waals surface area contributed by atoms with Crippen LogP contribution in [0.5, 0.6) is 0 Å². The number of benzene rings is 2. The van der Waals surface area contributed by atoms with E-state index in [1.165, 1.54) is 11.8 Å². The molecule has 26 heavy (non-hydrogen) atoms. The standard InChI is InChI=1S/C19H18ClN3O2S/c1-23(18(24)13-26-16-5-3-2-4-6-16)12-11-17-21-19(25-22-17)14-7-9-15(20)10-8-14/h2-10H,11-13H2,1H3. The van der Waals surface area contributed by atoms with E-state index >= 15 is 0 Å². The molecule has 0 aliphatic rings. The Morgan fingerprint density at radius 1 is 1.15 bits per heavy atom. The van der Waals surface area contributed by atoms with Gasteiger partial charge in [0.15, 0.2) is 5.82 Å². The fourth-order valence-corrected chi connectivity index (χ4v) is 3.22. The van der Waals surface area contributed by atoms with Crippen molar-refractivity contribution in [3.05, 3.63) is 65.4 Å². The van der Waals surface area contributed by atoms with Crippen LogP contribution in [0.4, 0.5) is 0 Å². The first-order valence-corrected chi connectivity index (χ1v) is 9.48. The van der Waals surface area contributed by atoms with E-state index in [-0.39, 0.29) is 5.91 Å². The van der Waals surface area contributed by atoms with Gasteiger partial charge in [0.25, 0.3) is 5.89 Å². The van der Waals surface area contributed by atoms with Crippen LogP contribution in [0, 0.1) is 0 Å². The number of nitrogens with zero attached hydrogens (tertiary/aromatic N) is 3. The smallest absolute Gasteiger partial charge is 0.257 e. The second kappa shape index (κ2) is 8.87. The van der Waals surface area contributed by atoms with E-state index in [2.05, 4.69) is 10.1 Å². The average molecular weight is 388 g/mol. The van der Waals surface area contributed by atoms with E-state index in [0.29, 0.717) is 35.5 Å². The number of hydrogen-bond donors (Lipinski definition) is 0. The molecule has 1 aromatic heterocycles. The molecule has 7 heteroatoms. The molecule has 0 bridgehead atoms. The van der Waals surface area contributed by atoms with Gasteiger partial charge < -0.3 is 9.42 Å². The minimum absolute atomic E-state index is 0.0697. The normalized spacial score (nSPS) is 10.7. The molecule has 1 amide bonds. The molecule has 2 aromatic carbocycles. The molecule has 0 aliphatic heterocycles. The first kappa shape index (κ1) is 18.5. The fraction of sp³-hybridized carbons (Fsp3) is 0.211. The molecule has 0 spiro atoms. The molecule has 0 saturated heterocycles. The van der Waals surface area contributed by atoms with Crippen molar-refractivity contribution in [3.8, 4) is 11.5 Å². The zero-order valence-electron chi connectivity index (χ0n) is 14.3. The molecule has 5 nitrogen and oxygen atoms in total. The molecule has 0 fully saturated rings. The van der Waals surface area contributed by atoms with E-state index in [4.69, 9.17) is 16.1 Å². The lowest BCUT2D eigenvalue weighted by atomic mass is 10.2. The maximum atomic E-state index is 12.2. The van der Waals surface area contributed by atoms with E-state index in [9.17, 15) is 4.79 Å². The van der Waals surface area contributed by atoms with Crippen LogP contribution in [-0.2, 0) is 11.2 Å². The Hall–Kier alpha value is -2.31. The highest BCUT2D eigenvalue weighted by Gasteiger charge is 2.13. The summed E-state index contributed by atoms with van der Waals surface area (Å²) in [6, 6.07) is 17.1. The van der Waals surface area contributed by atoms with Gasteiger partial charge in [-0.2, -0.15) is 4.98 Å². The van der Waals surface area contributed by atoms with E-state index in [0.717, 1.165) is 10.5 Å². The molecule has 0 saturated carbocycles. The summed E-state index contributed by atoms with van der Waals surface area (Å²) in [6.07, 6.45) is 0.537. The van der Waals surface area contributed by atoms with Crippen LogP contribution in [0.25, 0.3) is 11.5 Å². The van der Waals surface area contributed by atoms with E-state index in [1.54, 1.807) is 24.1 Å². The Bertz CT molecular complexity index is 853. The van der Waals surface area contributed by atoms with Crippen LogP contribution in [0.1, 0.15) is 5.82 Å². The molecular formula is C19H18ClN3O2S. The SMILES string of the molecule is CN(CCc1noc(-c2ccc(Cl)cc2)n1)C(=O)CSc1ccccc1. The lowest BCUT2D eigenvalue weighted by Gasteiger charge is -2.15. The number of halogens is 1. The van der Waals surface area contributed by atoms with Crippen LogP contribution in [0.2, 0.25) is 5.02 Å². The largest absolute Gasteiger partial charge is 0.345 e. The summed E-state index contributed by atoms with van der Waals surface area (Å²) in [6.45, 7) is 0.535. The Morgan fingerprint density at radius 3 is 2.62 bits per heavy atom. The number of hydrogen-bond acceptors (Lipinski definition) is 5. The van der Waals surface area contributed by atoms with Gasteiger partial charge in [-0.3, -0.25) is 4.79 Å². The van der Waals surface area contributed by atoms with Crippen LogP contribution in [0.15, 0.2) is 64.0 Å². The predicted molar refractivity (Wildman–Crippen MR) is 103 cm³/mol. The number of carbonyl (C=O) groups excluding carboxylic acids is 1. The molecule has 0 atom stereocenters. The van der Waals surface area contributed by atoms with Crippen LogP contribution < -0.4 is 0 Å². The topological polar surface area (TPSA) is 59.2 Å². The van der Waals surface area contributed by atoms with Crippen molar-refractivity contribution in [1.82, 2.24) is 15.0 Å². The van der Waals surface area contributed by atoms with Gasteiger partial charge in [0.05, 0.1) is 5.75 Å². The number of thioether (sulfide) groups is 1.